The van der Waals surface area contributed by atoms with Crippen LogP contribution in [-0.2, 0) is 10.0 Å². The fourth-order valence-corrected chi connectivity index (χ4v) is 3.79. The van der Waals surface area contributed by atoms with Gasteiger partial charge in [0.1, 0.15) is 5.75 Å². The van der Waals surface area contributed by atoms with Crippen LogP contribution in [0.1, 0.15) is 6.42 Å². The first kappa shape index (κ1) is 17.1. The molecule has 0 aliphatic rings. The number of ether oxygens (including phenoxy) is 1. The number of halogens is 2. The minimum atomic E-state index is -3.94. The quantitative estimate of drug-likeness (QED) is 0.179. The molecule has 20 heavy (non-hydrogen) atoms. The lowest BCUT2D eigenvalue weighted by Crippen LogP contribution is -2.04. The van der Waals surface area contributed by atoms with Crippen molar-refractivity contribution in [3.63, 3.8) is 0 Å². The Morgan fingerprint density at radius 2 is 2.00 bits per heavy atom. The van der Waals surface area contributed by atoms with Crippen molar-refractivity contribution in [2.24, 2.45) is 4.52 Å². The molecule has 0 fully saturated rings. The molecule has 0 amide bonds. The Hall–Kier alpha value is -0.923. The van der Waals surface area contributed by atoms with E-state index >= 15 is 0 Å². The SMILES string of the molecule is [N-]=[N+]=NS(=O)(=O)c1ccc(OCCC[SiH2]C(Cl)Cl)cc1. The van der Waals surface area contributed by atoms with Gasteiger partial charge in [-0.2, -0.15) is 0 Å². The summed E-state index contributed by atoms with van der Waals surface area (Å²) in [5.41, 5.74) is 8.16. The van der Waals surface area contributed by atoms with E-state index in [1.807, 2.05) is 0 Å². The van der Waals surface area contributed by atoms with Crippen LogP contribution in [0.15, 0.2) is 33.7 Å². The standard InChI is InChI=1S/C10H13Cl2N3O3SSi/c11-10(12)20-7-1-6-18-8-2-4-9(5-3-8)19(16,17)15-14-13/h2-5,10H,1,6-7,20H2. The lowest BCUT2D eigenvalue weighted by Gasteiger charge is -2.06. The Labute approximate surface area is 129 Å². The fourth-order valence-electron chi connectivity index (χ4n) is 1.39. The molecule has 0 atom stereocenters. The van der Waals surface area contributed by atoms with E-state index < -0.39 is 19.5 Å². The van der Waals surface area contributed by atoms with Gasteiger partial charge in [-0.3, -0.25) is 0 Å². The van der Waals surface area contributed by atoms with Gasteiger partial charge in [-0.25, -0.2) is 8.42 Å². The highest BCUT2D eigenvalue weighted by Crippen LogP contribution is 2.18. The number of sulfonamides is 1. The van der Waals surface area contributed by atoms with Crippen molar-refractivity contribution in [3.8, 4) is 5.75 Å². The van der Waals surface area contributed by atoms with Gasteiger partial charge in [-0.05, 0) is 36.2 Å². The Morgan fingerprint density at radius 3 is 2.55 bits per heavy atom. The van der Waals surface area contributed by atoms with Crippen LogP contribution in [0.3, 0.4) is 0 Å². The van der Waals surface area contributed by atoms with Crippen LogP contribution in [0.2, 0.25) is 6.04 Å². The van der Waals surface area contributed by atoms with E-state index in [4.69, 9.17) is 33.5 Å². The summed E-state index contributed by atoms with van der Waals surface area (Å²) >= 11 is 11.3. The van der Waals surface area contributed by atoms with E-state index in [0.717, 1.165) is 12.5 Å². The van der Waals surface area contributed by atoms with Gasteiger partial charge in [0.25, 0.3) is 10.0 Å². The monoisotopic (exact) mass is 353 g/mol. The Morgan fingerprint density at radius 1 is 1.35 bits per heavy atom. The molecule has 0 aliphatic heterocycles. The zero-order valence-electron chi connectivity index (χ0n) is 10.4. The maximum absolute atomic E-state index is 11.4. The molecule has 110 valence electrons. The minimum Gasteiger partial charge on any atom is -0.494 e. The zero-order chi connectivity index (χ0) is 15.0. The first-order chi connectivity index (χ1) is 9.45. The topological polar surface area (TPSA) is 92.1 Å². The molecular weight excluding hydrogens is 341 g/mol. The molecule has 0 heterocycles. The van der Waals surface area contributed by atoms with Crippen molar-refractivity contribution in [3.05, 3.63) is 34.7 Å². The molecule has 0 N–H and O–H groups in total. The Bertz CT molecular complexity index is 574. The summed E-state index contributed by atoms with van der Waals surface area (Å²) in [6, 6.07) is 6.69. The largest absolute Gasteiger partial charge is 0.494 e. The average molecular weight is 354 g/mol. The van der Waals surface area contributed by atoms with Crippen LogP contribution < -0.4 is 4.74 Å². The summed E-state index contributed by atoms with van der Waals surface area (Å²) < 4.78 is 30.8. The van der Waals surface area contributed by atoms with Gasteiger partial charge in [0, 0.05) is 9.43 Å². The zero-order valence-corrected chi connectivity index (χ0v) is 14.2. The number of alkyl halides is 2. The maximum atomic E-state index is 11.4. The highest BCUT2D eigenvalue weighted by molar-refractivity contribution is 7.90. The third kappa shape index (κ3) is 6.02. The molecule has 6 nitrogen and oxygen atoms in total. The summed E-state index contributed by atoms with van der Waals surface area (Å²) in [6.45, 7) is 0.524. The Kier molecular flexibility index (Phi) is 7.18. The molecule has 1 aromatic rings. The van der Waals surface area contributed by atoms with Gasteiger partial charge in [-0.15, -0.1) is 23.2 Å². The van der Waals surface area contributed by atoms with E-state index in [1.54, 1.807) is 0 Å². The summed E-state index contributed by atoms with van der Waals surface area (Å²) in [4.78, 5) is 2.21. The van der Waals surface area contributed by atoms with Crippen molar-refractivity contribution >= 4 is 42.7 Å². The van der Waals surface area contributed by atoms with Crippen LogP contribution in [0, 0.1) is 0 Å². The van der Waals surface area contributed by atoms with Crippen LogP contribution in [0.4, 0.5) is 0 Å². The van der Waals surface area contributed by atoms with E-state index in [9.17, 15) is 8.42 Å². The molecule has 1 aromatic carbocycles. The molecule has 0 aromatic heterocycles. The normalized spacial score (nSPS) is 11.8. The van der Waals surface area contributed by atoms with E-state index in [1.165, 1.54) is 24.3 Å². The second kappa shape index (κ2) is 8.38. The third-order valence-electron chi connectivity index (χ3n) is 2.35. The van der Waals surface area contributed by atoms with E-state index in [0.29, 0.717) is 12.4 Å². The lowest BCUT2D eigenvalue weighted by atomic mass is 10.3. The minimum absolute atomic E-state index is 0.0674. The summed E-state index contributed by atoms with van der Waals surface area (Å²) in [6.07, 6.45) is 0.862. The van der Waals surface area contributed by atoms with Gasteiger partial charge in [0.15, 0.2) is 0 Å². The van der Waals surface area contributed by atoms with Gasteiger partial charge >= 0.3 is 0 Å². The van der Waals surface area contributed by atoms with E-state index in [-0.39, 0.29) is 9.36 Å². The van der Waals surface area contributed by atoms with Crippen molar-refractivity contribution in [2.45, 2.75) is 21.8 Å². The molecule has 0 radical (unpaired) electrons. The van der Waals surface area contributed by atoms with Crippen LogP contribution in [0.5, 0.6) is 5.75 Å². The van der Waals surface area contributed by atoms with Crippen molar-refractivity contribution in [2.75, 3.05) is 6.61 Å². The van der Waals surface area contributed by atoms with E-state index in [2.05, 4.69) is 9.43 Å². The van der Waals surface area contributed by atoms with Crippen LogP contribution in [0.25, 0.3) is 10.4 Å². The lowest BCUT2D eigenvalue weighted by molar-refractivity contribution is 0.317. The van der Waals surface area contributed by atoms with Gasteiger partial charge in [-0.1, -0.05) is 6.04 Å². The summed E-state index contributed by atoms with van der Waals surface area (Å²) in [7, 11) is -4.40. The molecule has 0 spiro atoms. The summed E-state index contributed by atoms with van der Waals surface area (Å²) in [5, 5.41) is 0. The number of hydrogen-bond acceptors (Lipinski definition) is 3. The summed E-state index contributed by atoms with van der Waals surface area (Å²) in [5.74, 6) is 0.555. The second-order valence-electron chi connectivity index (χ2n) is 3.85. The molecular formula is C10H13Cl2N3O3SSi. The van der Waals surface area contributed by atoms with Crippen molar-refractivity contribution < 1.29 is 13.2 Å². The first-order valence-electron chi connectivity index (χ1n) is 5.78. The van der Waals surface area contributed by atoms with Gasteiger partial charge in [0.05, 0.1) is 25.5 Å². The smallest absolute Gasteiger partial charge is 0.264 e. The van der Waals surface area contributed by atoms with Crippen molar-refractivity contribution in [1.82, 2.24) is 0 Å². The van der Waals surface area contributed by atoms with Crippen LogP contribution in [-0.4, -0.2) is 29.0 Å². The molecule has 0 unspecified atom stereocenters. The van der Waals surface area contributed by atoms with Crippen molar-refractivity contribution in [1.29, 1.82) is 0 Å². The molecule has 0 saturated carbocycles. The van der Waals surface area contributed by atoms with Gasteiger partial charge < -0.3 is 4.74 Å². The predicted molar refractivity (Wildman–Crippen MR) is 81.7 cm³/mol. The number of benzene rings is 1. The number of nitrogens with zero attached hydrogens (tertiary/aromatic N) is 3. The molecule has 0 bridgehead atoms. The molecule has 0 aliphatic carbocycles. The second-order valence-corrected chi connectivity index (χ2v) is 9.85. The highest BCUT2D eigenvalue weighted by Gasteiger charge is 2.11. The Balaban J connectivity index is 2.49. The van der Waals surface area contributed by atoms with Crippen LogP contribution >= 0.6 is 23.2 Å². The predicted octanol–water partition coefficient (Wildman–Crippen LogP) is 2.80. The number of rotatable bonds is 8. The fraction of sp³-hybridized carbons (Fsp3) is 0.400. The highest BCUT2D eigenvalue weighted by atomic mass is 35.5. The van der Waals surface area contributed by atoms with Gasteiger partial charge in [0.2, 0.25) is 0 Å². The molecule has 1 rings (SSSR count). The number of hydrogen-bond donors (Lipinski definition) is 0. The third-order valence-corrected chi connectivity index (χ3v) is 6.16. The average Bonchev–Trinajstić information content (AvgIpc) is 2.38. The maximum Gasteiger partial charge on any atom is 0.264 e. The first-order valence-corrected chi connectivity index (χ1v) is 9.91. The molecule has 10 heteroatoms. The number of azide groups is 1. The molecule has 0 saturated heterocycles.